The maximum Gasteiger partial charge on any atom is 0.165 e. The molecule has 0 radical (unpaired) electrons. The van der Waals surface area contributed by atoms with E-state index in [1.807, 2.05) is 0 Å². The van der Waals surface area contributed by atoms with Crippen molar-refractivity contribution >= 4 is 12.4 Å². The predicted octanol–water partition coefficient (Wildman–Crippen LogP) is 2.44. The first-order valence-corrected chi connectivity index (χ1v) is 3.90. The molecule has 2 nitrogen and oxygen atoms in total. The molecule has 2 N–H and O–H groups in total. The number of benzene rings is 1. The minimum atomic E-state index is -0.405. The Morgan fingerprint density at radius 1 is 1.57 bits per heavy atom. The zero-order chi connectivity index (χ0) is 9.84. The molecule has 0 heterocycles. The molecule has 0 unspecified atom stereocenters. The van der Waals surface area contributed by atoms with Crippen LogP contribution >= 0.6 is 12.4 Å². The molecule has 0 saturated carbocycles. The predicted molar refractivity (Wildman–Crippen MR) is 57.3 cm³/mol. The van der Waals surface area contributed by atoms with Crippen LogP contribution in [0.1, 0.15) is 11.6 Å². The highest BCUT2D eigenvalue weighted by Gasteiger charge is 2.06. The summed E-state index contributed by atoms with van der Waals surface area (Å²) in [6.07, 6.45) is 1.56. The average Bonchev–Trinajstić information content (AvgIpc) is 2.16. The van der Waals surface area contributed by atoms with Crippen LogP contribution in [-0.2, 0) is 0 Å². The van der Waals surface area contributed by atoms with E-state index in [1.54, 1.807) is 18.2 Å². The number of ether oxygens (including phenoxy) is 1. The van der Waals surface area contributed by atoms with Gasteiger partial charge in [-0.25, -0.2) is 4.39 Å². The van der Waals surface area contributed by atoms with Gasteiger partial charge in [-0.2, -0.15) is 0 Å². The van der Waals surface area contributed by atoms with E-state index < -0.39 is 5.82 Å². The highest BCUT2D eigenvalue weighted by Crippen LogP contribution is 2.20. The fraction of sp³-hybridized carbons (Fsp3) is 0.200. The van der Waals surface area contributed by atoms with Gasteiger partial charge in [0.25, 0.3) is 0 Å². The van der Waals surface area contributed by atoms with Crippen molar-refractivity contribution in [2.24, 2.45) is 5.73 Å². The van der Waals surface area contributed by atoms with Crippen LogP contribution in [0.4, 0.5) is 4.39 Å². The molecule has 1 aromatic carbocycles. The molecular formula is C10H13ClFNO. The van der Waals surface area contributed by atoms with Gasteiger partial charge in [-0.05, 0) is 17.7 Å². The third-order valence-electron chi connectivity index (χ3n) is 1.81. The van der Waals surface area contributed by atoms with Gasteiger partial charge < -0.3 is 10.5 Å². The Morgan fingerprint density at radius 2 is 2.21 bits per heavy atom. The number of rotatable bonds is 3. The van der Waals surface area contributed by atoms with Crippen LogP contribution in [0.15, 0.2) is 30.9 Å². The Hall–Kier alpha value is -1.06. The summed E-state index contributed by atoms with van der Waals surface area (Å²) in [6.45, 7) is 3.53. The molecule has 0 aliphatic heterocycles. The fourth-order valence-corrected chi connectivity index (χ4v) is 1.03. The van der Waals surface area contributed by atoms with Crippen molar-refractivity contribution in [2.45, 2.75) is 6.04 Å². The first-order valence-electron chi connectivity index (χ1n) is 3.90. The summed E-state index contributed by atoms with van der Waals surface area (Å²) in [4.78, 5) is 0. The Labute approximate surface area is 89.0 Å². The van der Waals surface area contributed by atoms with E-state index >= 15 is 0 Å². The first-order chi connectivity index (χ1) is 6.19. The molecule has 0 saturated heterocycles. The van der Waals surface area contributed by atoms with Crippen LogP contribution in [0.25, 0.3) is 0 Å². The molecule has 0 spiro atoms. The summed E-state index contributed by atoms with van der Waals surface area (Å²) >= 11 is 0. The third kappa shape index (κ3) is 2.72. The highest BCUT2D eigenvalue weighted by molar-refractivity contribution is 5.85. The van der Waals surface area contributed by atoms with Gasteiger partial charge in [-0.1, -0.05) is 12.1 Å². The van der Waals surface area contributed by atoms with Crippen molar-refractivity contribution < 1.29 is 9.13 Å². The molecule has 1 atom stereocenters. The lowest BCUT2D eigenvalue weighted by molar-refractivity contribution is 0.386. The molecule has 1 rings (SSSR count). The fourth-order valence-electron chi connectivity index (χ4n) is 1.03. The number of nitrogens with two attached hydrogens (primary N) is 1. The van der Waals surface area contributed by atoms with E-state index in [0.29, 0.717) is 5.56 Å². The minimum absolute atomic E-state index is 0. The second-order valence-electron chi connectivity index (χ2n) is 2.66. The Kier molecular flexibility index (Phi) is 5.20. The highest BCUT2D eigenvalue weighted by atomic mass is 35.5. The summed E-state index contributed by atoms with van der Waals surface area (Å²) in [7, 11) is 1.42. The van der Waals surface area contributed by atoms with Gasteiger partial charge in [0.1, 0.15) is 0 Å². The van der Waals surface area contributed by atoms with Crippen molar-refractivity contribution in [1.29, 1.82) is 0 Å². The lowest BCUT2D eigenvalue weighted by Gasteiger charge is -2.08. The van der Waals surface area contributed by atoms with Crippen molar-refractivity contribution in [3.05, 3.63) is 42.2 Å². The van der Waals surface area contributed by atoms with Crippen LogP contribution in [0.2, 0.25) is 0 Å². The van der Waals surface area contributed by atoms with Gasteiger partial charge in [0.15, 0.2) is 11.6 Å². The molecule has 0 aliphatic carbocycles. The van der Waals surface area contributed by atoms with E-state index in [-0.39, 0.29) is 24.2 Å². The molecule has 0 bridgehead atoms. The van der Waals surface area contributed by atoms with E-state index in [2.05, 4.69) is 6.58 Å². The number of hydrogen-bond acceptors (Lipinski definition) is 2. The summed E-state index contributed by atoms with van der Waals surface area (Å²) in [5.74, 6) is -0.183. The summed E-state index contributed by atoms with van der Waals surface area (Å²) < 4.78 is 17.9. The Balaban J connectivity index is 0.00000169. The average molecular weight is 218 g/mol. The van der Waals surface area contributed by atoms with Gasteiger partial charge in [-0.3, -0.25) is 0 Å². The van der Waals surface area contributed by atoms with E-state index in [4.69, 9.17) is 10.5 Å². The molecular weight excluding hydrogens is 205 g/mol. The second-order valence-corrected chi connectivity index (χ2v) is 2.66. The molecule has 0 aliphatic rings. The zero-order valence-electron chi connectivity index (χ0n) is 7.87. The molecule has 0 aromatic heterocycles. The first kappa shape index (κ1) is 12.9. The topological polar surface area (TPSA) is 35.2 Å². The molecule has 1 aromatic rings. The van der Waals surface area contributed by atoms with Crippen LogP contribution in [-0.4, -0.2) is 7.11 Å². The van der Waals surface area contributed by atoms with Crippen molar-refractivity contribution in [3.8, 4) is 5.75 Å². The number of halogens is 2. The largest absolute Gasteiger partial charge is 0.494 e. The molecule has 14 heavy (non-hydrogen) atoms. The van der Waals surface area contributed by atoms with Gasteiger partial charge >= 0.3 is 0 Å². The quantitative estimate of drug-likeness (QED) is 0.790. The van der Waals surface area contributed by atoms with Crippen LogP contribution in [0, 0.1) is 5.82 Å². The maximum atomic E-state index is 13.1. The van der Waals surface area contributed by atoms with E-state index in [1.165, 1.54) is 13.2 Å². The molecule has 0 amide bonds. The smallest absolute Gasteiger partial charge is 0.165 e. The molecule has 4 heteroatoms. The monoisotopic (exact) mass is 217 g/mol. The van der Waals surface area contributed by atoms with Crippen LogP contribution in [0.3, 0.4) is 0 Å². The van der Waals surface area contributed by atoms with Gasteiger partial charge in [0, 0.05) is 6.04 Å². The SMILES string of the molecule is C=C[C@@H](N)c1ccc(OC)c(F)c1.Cl. The second kappa shape index (κ2) is 5.62. The lowest BCUT2D eigenvalue weighted by Crippen LogP contribution is -2.06. The van der Waals surface area contributed by atoms with Gasteiger partial charge in [0.2, 0.25) is 0 Å². The third-order valence-corrected chi connectivity index (χ3v) is 1.81. The zero-order valence-corrected chi connectivity index (χ0v) is 8.68. The number of methoxy groups -OCH3 is 1. The van der Waals surface area contributed by atoms with Crippen molar-refractivity contribution in [3.63, 3.8) is 0 Å². The molecule has 78 valence electrons. The van der Waals surface area contributed by atoms with Gasteiger partial charge in [-0.15, -0.1) is 19.0 Å². The van der Waals surface area contributed by atoms with Gasteiger partial charge in [0.05, 0.1) is 7.11 Å². The summed E-state index contributed by atoms with van der Waals surface area (Å²) in [6, 6.07) is 4.29. The standard InChI is InChI=1S/C10H12FNO.ClH/c1-3-9(12)7-4-5-10(13-2)8(11)6-7;/h3-6,9H,1,12H2,2H3;1H/t9-;/m1./s1. The van der Waals surface area contributed by atoms with Crippen LogP contribution in [0.5, 0.6) is 5.75 Å². The maximum absolute atomic E-state index is 13.1. The van der Waals surface area contributed by atoms with Crippen molar-refractivity contribution in [2.75, 3.05) is 7.11 Å². The minimum Gasteiger partial charge on any atom is -0.494 e. The number of hydrogen-bond donors (Lipinski definition) is 1. The normalized spacial score (nSPS) is 11.4. The summed E-state index contributed by atoms with van der Waals surface area (Å²) in [5, 5.41) is 0. The lowest BCUT2D eigenvalue weighted by atomic mass is 10.1. The van der Waals surface area contributed by atoms with Crippen LogP contribution < -0.4 is 10.5 Å². The van der Waals surface area contributed by atoms with E-state index in [9.17, 15) is 4.39 Å². The Morgan fingerprint density at radius 3 is 2.64 bits per heavy atom. The summed E-state index contributed by atoms with van der Waals surface area (Å²) in [5.41, 5.74) is 6.32. The Bertz CT molecular complexity index is 317. The molecule has 0 fully saturated rings. The van der Waals surface area contributed by atoms with Crippen molar-refractivity contribution in [1.82, 2.24) is 0 Å². The van der Waals surface area contributed by atoms with E-state index in [0.717, 1.165) is 0 Å².